The first-order valence-corrected chi connectivity index (χ1v) is 12.2. The molecule has 0 aliphatic heterocycles. The molecular formula is C29H22BrN3O5. The van der Waals surface area contributed by atoms with Crippen molar-refractivity contribution in [2.24, 2.45) is 5.10 Å². The van der Waals surface area contributed by atoms with E-state index in [9.17, 15) is 14.4 Å². The lowest BCUT2D eigenvalue weighted by molar-refractivity contribution is 0.0733. The summed E-state index contributed by atoms with van der Waals surface area (Å²) in [6.45, 7) is 0. The van der Waals surface area contributed by atoms with Crippen LogP contribution in [0.25, 0.3) is 0 Å². The Morgan fingerprint density at radius 3 is 2.26 bits per heavy atom. The maximum atomic E-state index is 12.7. The van der Waals surface area contributed by atoms with Crippen molar-refractivity contribution in [2.45, 2.75) is 0 Å². The second-order valence-corrected chi connectivity index (χ2v) is 8.82. The molecule has 0 atom stereocenters. The second-order valence-electron chi connectivity index (χ2n) is 7.90. The summed E-state index contributed by atoms with van der Waals surface area (Å²) in [5.74, 6) is -0.435. The number of rotatable bonds is 8. The van der Waals surface area contributed by atoms with E-state index in [0.717, 1.165) is 4.47 Å². The number of anilines is 1. The molecule has 0 saturated heterocycles. The van der Waals surface area contributed by atoms with Crippen LogP contribution >= 0.6 is 15.9 Å². The molecule has 8 nitrogen and oxygen atoms in total. The Morgan fingerprint density at radius 2 is 1.53 bits per heavy atom. The number of hydrazone groups is 1. The molecule has 0 heterocycles. The molecule has 2 N–H and O–H groups in total. The lowest BCUT2D eigenvalue weighted by atomic mass is 10.1. The van der Waals surface area contributed by atoms with Crippen molar-refractivity contribution in [1.82, 2.24) is 5.43 Å². The van der Waals surface area contributed by atoms with Gasteiger partial charge >= 0.3 is 5.97 Å². The monoisotopic (exact) mass is 571 g/mol. The van der Waals surface area contributed by atoms with Gasteiger partial charge in [-0.15, -0.1) is 0 Å². The minimum absolute atomic E-state index is 0.262. The lowest BCUT2D eigenvalue weighted by Gasteiger charge is -2.09. The first kappa shape index (κ1) is 26.3. The molecule has 190 valence electrons. The van der Waals surface area contributed by atoms with Crippen LogP contribution in [-0.4, -0.2) is 31.1 Å². The average molecular weight is 572 g/mol. The molecule has 4 aromatic rings. The van der Waals surface area contributed by atoms with Crippen molar-refractivity contribution in [3.63, 3.8) is 0 Å². The Morgan fingerprint density at radius 1 is 0.789 bits per heavy atom. The van der Waals surface area contributed by atoms with Gasteiger partial charge in [-0.25, -0.2) is 10.2 Å². The standard InChI is InChI=1S/C29H22BrN3O5/c1-37-25-13-10-20(11-14-25)29(36)38-26-15-12-23(30)16-22(26)18-31-33-28(35)21-8-5-9-24(17-21)32-27(34)19-6-3-2-4-7-19/h2-18H,1H3,(H,32,34)(H,33,35). The molecule has 38 heavy (non-hydrogen) atoms. The van der Waals surface area contributed by atoms with E-state index in [1.165, 1.54) is 6.21 Å². The van der Waals surface area contributed by atoms with Gasteiger partial charge in [0, 0.05) is 26.9 Å². The third-order valence-electron chi connectivity index (χ3n) is 5.29. The predicted molar refractivity (Wildman–Crippen MR) is 148 cm³/mol. The number of carbonyl (C=O) groups is 3. The molecular weight excluding hydrogens is 550 g/mol. The summed E-state index contributed by atoms with van der Waals surface area (Å²) in [4.78, 5) is 37.7. The van der Waals surface area contributed by atoms with Crippen LogP contribution in [0, 0.1) is 0 Å². The number of amides is 2. The SMILES string of the molecule is COc1ccc(C(=O)Oc2ccc(Br)cc2C=NNC(=O)c2cccc(NC(=O)c3ccccc3)c2)cc1. The minimum atomic E-state index is -0.553. The summed E-state index contributed by atoms with van der Waals surface area (Å²) < 4.78 is 11.4. The highest BCUT2D eigenvalue weighted by Crippen LogP contribution is 2.23. The van der Waals surface area contributed by atoms with Crippen LogP contribution < -0.4 is 20.2 Å². The average Bonchev–Trinajstić information content (AvgIpc) is 2.95. The van der Waals surface area contributed by atoms with Crippen molar-refractivity contribution in [2.75, 3.05) is 12.4 Å². The summed E-state index contributed by atoms with van der Waals surface area (Å²) in [5.41, 5.74) is 4.54. The van der Waals surface area contributed by atoms with Crippen LogP contribution in [0.1, 0.15) is 36.6 Å². The predicted octanol–water partition coefficient (Wildman–Crippen LogP) is 5.69. The minimum Gasteiger partial charge on any atom is -0.497 e. The Balaban J connectivity index is 1.42. The van der Waals surface area contributed by atoms with Crippen LogP contribution in [0.15, 0.2) is 107 Å². The van der Waals surface area contributed by atoms with E-state index in [1.54, 1.807) is 98.1 Å². The van der Waals surface area contributed by atoms with Gasteiger partial charge in [0.15, 0.2) is 0 Å². The summed E-state index contributed by atoms with van der Waals surface area (Å²) in [6.07, 6.45) is 1.38. The summed E-state index contributed by atoms with van der Waals surface area (Å²) in [5, 5.41) is 6.79. The van der Waals surface area contributed by atoms with Crippen LogP contribution in [0.5, 0.6) is 11.5 Å². The number of halogens is 1. The maximum absolute atomic E-state index is 12.7. The zero-order valence-corrected chi connectivity index (χ0v) is 21.8. The fourth-order valence-corrected chi connectivity index (χ4v) is 3.73. The molecule has 0 spiro atoms. The van der Waals surface area contributed by atoms with E-state index >= 15 is 0 Å². The Labute approximate surface area is 227 Å². The molecule has 4 rings (SSSR count). The molecule has 0 bridgehead atoms. The molecule has 0 fully saturated rings. The van der Waals surface area contributed by atoms with Gasteiger partial charge in [-0.2, -0.15) is 5.10 Å². The number of carbonyl (C=O) groups excluding carboxylic acids is 3. The van der Waals surface area contributed by atoms with Crippen LogP contribution in [0.4, 0.5) is 5.69 Å². The smallest absolute Gasteiger partial charge is 0.343 e. The van der Waals surface area contributed by atoms with Gasteiger partial charge in [0.05, 0.1) is 18.9 Å². The third kappa shape index (κ3) is 6.92. The highest BCUT2D eigenvalue weighted by molar-refractivity contribution is 9.10. The Kier molecular flexibility index (Phi) is 8.63. The number of benzene rings is 4. The number of ether oxygens (including phenoxy) is 2. The number of nitrogens with one attached hydrogen (secondary N) is 2. The van der Waals surface area contributed by atoms with Crippen LogP contribution in [0.2, 0.25) is 0 Å². The molecule has 0 unspecified atom stereocenters. The van der Waals surface area contributed by atoms with Crippen LogP contribution in [0.3, 0.4) is 0 Å². The van der Waals surface area contributed by atoms with E-state index in [0.29, 0.717) is 33.7 Å². The van der Waals surface area contributed by atoms with Gasteiger partial charge in [0.25, 0.3) is 11.8 Å². The summed E-state index contributed by atoms with van der Waals surface area (Å²) >= 11 is 3.39. The molecule has 4 aromatic carbocycles. The number of hydrogen-bond acceptors (Lipinski definition) is 6. The number of hydrogen-bond donors (Lipinski definition) is 2. The highest BCUT2D eigenvalue weighted by atomic mass is 79.9. The molecule has 0 saturated carbocycles. The first-order valence-electron chi connectivity index (χ1n) is 11.4. The van der Waals surface area contributed by atoms with E-state index in [1.807, 2.05) is 6.07 Å². The zero-order valence-electron chi connectivity index (χ0n) is 20.2. The fourth-order valence-electron chi connectivity index (χ4n) is 3.36. The fraction of sp³-hybridized carbons (Fsp3) is 0.0345. The van der Waals surface area contributed by atoms with Crippen LogP contribution in [-0.2, 0) is 0 Å². The largest absolute Gasteiger partial charge is 0.497 e. The molecule has 0 aliphatic rings. The van der Waals surface area contributed by atoms with Gasteiger partial charge in [-0.3, -0.25) is 9.59 Å². The number of nitrogens with zero attached hydrogens (tertiary/aromatic N) is 1. The van der Waals surface area contributed by atoms with E-state index in [-0.39, 0.29) is 11.7 Å². The van der Waals surface area contributed by atoms with Gasteiger partial charge in [0.1, 0.15) is 11.5 Å². The number of esters is 1. The lowest BCUT2D eigenvalue weighted by Crippen LogP contribution is -2.18. The summed E-state index contributed by atoms with van der Waals surface area (Å²) in [7, 11) is 1.54. The van der Waals surface area contributed by atoms with Gasteiger partial charge in [-0.05, 0) is 72.8 Å². The molecule has 0 aliphatic carbocycles. The van der Waals surface area contributed by atoms with E-state index < -0.39 is 11.9 Å². The quantitative estimate of drug-likeness (QED) is 0.122. The highest BCUT2D eigenvalue weighted by Gasteiger charge is 2.13. The topological polar surface area (TPSA) is 106 Å². The van der Waals surface area contributed by atoms with Gasteiger partial charge in [0.2, 0.25) is 0 Å². The van der Waals surface area contributed by atoms with Crippen molar-refractivity contribution in [1.29, 1.82) is 0 Å². The molecule has 0 radical (unpaired) electrons. The molecule has 2 amide bonds. The van der Waals surface area contributed by atoms with Crippen molar-refractivity contribution >= 4 is 45.6 Å². The van der Waals surface area contributed by atoms with Crippen molar-refractivity contribution < 1.29 is 23.9 Å². The van der Waals surface area contributed by atoms with Gasteiger partial charge in [-0.1, -0.05) is 40.2 Å². The normalized spacial score (nSPS) is 10.6. The Hall–Kier alpha value is -4.76. The van der Waals surface area contributed by atoms with Gasteiger partial charge < -0.3 is 14.8 Å². The zero-order chi connectivity index (χ0) is 26.9. The number of methoxy groups -OCH3 is 1. The Bertz CT molecular complexity index is 1490. The van der Waals surface area contributed by atoms with E-state index in [2.05, 4.69) is 31.8 Å². The summed E-state index contributed by atoms with van der Waals surface area (Å²) in [6, 6.07) is 26.8. The third-order valence-corrected chi connectivity index (χ3v) is 5.78. The van der Waals surface area contributed by atoms with Crippen molar-refractivity contribution in [3.8, 4) is 11.5 Å². The van der Waals surface area contributed by atoms with Crippen molar-refractivity contribution in [3.05, 3.63) is 124 Å². The first-order chi connectivity index (χ1) is 18.4. The molecule has 0 aromatic heterocycles. The maximum Gasteiger partial charge on any atom is 0.343 e. The second kappa shape index (κ2) is 12.5. The molecule has 9 heteroatoms. The van der Waals surface area contributed by atoms with E-state index in [4.69, 9.17) is 9.47 Å².